The third-order valence-electron chi connectivity index (χ3n) is 4.06. The molecule has 6 nitrogen and oxygen atoms in total. The minimum atomic E-state index is -0.345. The molecular weight excluding hydrogens is 326 g/mol. The first-order valence-corrected chi connectivity index (χ1v) is 8.77. The molecule has 1 aliphatic heterocycles. The lowest BCUT2D eigenvalue weighted by atomic mass is 10.2. The first-order valence-electron chi connectivity index (χ1n) is 7.95. The Kier molecular flexibility index (Phi) is 3.93. The van der Waals surface area contributed by atoms with Gasteiger partial charge in [0.1, 0.15) is 22.2 Å². The number of carbonyl (C=O) groups is 1. The number of nitrogens with zero attached hydrogens (tertiary/aromatic N) is 3. The zero-order valence-electron chi connectivity index (χ0n) is 13.3. The van der Waals surface area contributed by atoms with Crippen molar-refractivity contribution in [3.8, 4) is 10.6 Å². The molecule has 0 saturated heterocycles. The predicted octanol–water partition coefficient (Wildman–Crippen LogP) is 3.60. The SMILES string of the molecule is Cc1ccc(-c2ccc(C(=O)OCc3nnc4n3CCCC4)s2)o1. The second-order valence-electron chi connectivity index (χ2n) is 5.79. The van der Waals surface area contributed by atoms with Crippen LogP contribution in [0.2, 0.25) is 0 Å². The molecule has 0 amide bonds. The van der Waals surface area contributed by atoms with Crippen LogP contribution in [0.4, 0.5) is 0 Å². The Morgan fingerprint density at radius 3 is 3.04 bits per heavy atom. The highest BCUT2D eigenvalue weighted by Gasteiger charge is 2.18. The van der Waals surface area contributed by atoms with Crippen LogP contribution in [-0.4, -0.2) is 20.7 Å². The largest absolute Gasteiger partial charge is 0.461 e. The first kappa shape index (κ1) is 15.1. The van der Waals surface area contributed by atoms with E-state index in [9.17, 15) is 4.79 Å². The van der Waals surface area contributed by atoms with Gasteiger partial charge in [-0.05, 0) is 44.0 Å². The topological polar surface area (TPSA) is 70.2 Å². The van der Waals surface area contributed by atoms with Crippen LogP contribution in [0.25, 0.3) is 10.6 Å². The number of hydrogen-bond donors (Lipinski definition) is 0. The number of hydrogen-bond acceptors (Lipinski definition) is 6. The van der Waals surface area contributed by atoms with E-state index in [1.807, 2.05) is 25.1 Å². The fraction of sp³-hybridized carbons (Fsp3) is 0.353. The summed E-state index contributed by atoms with van der Waals surface area (Å²) in [5.41, 5.74) is 0. The summed E-state index contributed by atoms with van der Waals surface area (Å²) in [5, 5.41) is 8.31. The lowest BCUT2D eigenvalue weighted by molar-refractivity contribution is 0.0462. The molecule has 0 aliphatic carbocycles. The molecule has 3 aromatic heterocycles. The maximum absolute atomic E-state index is 12.3. The first-order chi connectivity index (χ1) is 11.7. The molecule has 7 heteroatoms. The van der Waals surface area contributed by atoms with Gasteiger partial charge < -0.3 is 13.7 Å². The molecule has 124 valence electrons. The minimum absolute atomic E-state index is 0.152. The summed E-state index contributed by atoms with van der Waals surface area (Å²) in [6, 6.07) is 7.44. The number of thiophene rings is 1. The fourth-order valence-corrected chi connectivity index (χ4v) is 3.69. The number of ether oxygens (including phenoxy) is 1. The molecule has 3 aromatic rings. The number of aromatic nitrogens is 3. The van der Waals surface area contributed by atoms with Crippen LogP contribution in [-0.2, 0) is 24.3 Å². The van der Waals surface area contributed by atoms with Crippen LogP contribution < -0.4 is 0 Å². The summed E-state index contributed by atoms with van der Waals surface area (Å²) < 4.78 is 13.0. The number of carbonyl (C=O) groups excluding carboxylic acids is 1. The number of aryl methyl sites for hydroxylation is 2. The molecular formula is C17H17N3O3S. The van der Waals surface area contributed by atoms with Crippen molar-refractivity contribution in [2.45, 2.75) is 39.3 Å². The Morgan fingerprint density at radius 1 is 1.29 bits per heavy atom. The monoisotopic (exact) mass is 343 g/mol. The minimum Gasteiger partial charge on any atom is -0.461 e. The summed E-state index contributed by atoms with van der Waals surface area (Å²) in [5.74, 6) is 2.97. The Morgan fingerprint density at radius 2 is 2.21 bits per heavy atom. The van der Waals surface area contributed by atoms with Crippen LogP contribution in [0, 0.1) is 6.92 Å². The highest BCUT2D eigenvalue weighted by molar-refractivity contribution is 7.17. The Bertz CT molecular complexity index is 877. The van der Waals surface area contributed by atoms with Crippen molar-refractivity contribution >= 4 is 17.3 Å². The number of rotatable bonds is 4. The Balaban J connectivity index is 1.43. The van der Waals surface area contributed by atoms with E-state index in [1.165, 1.54) is 11.3 Å². The summed E-state index contributed by atoms with van der Waals surface area (Å²) in [7, 11) is 0. The van der Waals surface area contributed by atoms with Crippen LogP contribution >= 0.6 is 11.3 Å². The summed E-state index contributed by atoms with van der Waals surface area (Å²) in [6.45, 7) is 2.95. The average Bonchev–Trinajstić information content (AvgIpc) is 3.31. The van der Waals surface area contributed by atoms with E-state index < -0.39 is 0 Å². The van der Waals surface area contributed by atoms with Gasteiger partial charge in [0.2, 0.25) is 0 Å². The number of esters is 1. The van der Waals surface area contributed by atoms with Gasteiger partial charge in [-0.15, -0.1) is 21.5 Å². The molecule has 0 spiro atoms. The molecule has 24 heavy (non-hydrogen) atoms. The van der Waals surface area contributed by atoms with Crippen molar-refractivity contribution in [1.29, 1.82) is 0 Å². The third kappa shape index (κ3) is 2.87. The smallest absolute Gasteiger partial charge is 0.348 e. The van der Waals surface area contributed by atoms with E-state index in [0.29, 0.717) is 4.88 Å². The van der Waals surface area contributed by atoms with E-state index >= 15 is 0 Å². The molecule has 4 rings (SSSR count). The van der Waals surface area contributed by atoms with Gasteiger partial charge >= 0.3 is 5.97 Å². The standard InChI is InChI=1S/C17H17N3O3S/c1-11-5-6-12(23-11)13-7-8-14(24-13)17(21)22-10-16-19-18-15-4-2-3-9-20(15)16/h5-8H,2-4,9-10H2,1H3. The number of furan rings is 1. The lowest BCUT2D eigenvalue weighted by Crippen LogP contribution is -2.15. The molecule has 0 bridgehead atoms. The van der Waals surface area contributed by atoms with Crippen molar-refractivity contribution < 1.29 is 13.9 Å². The summed E-state index contributed by atoms with van der Waals surface area (Å²) in [6.07, 6.45) is 3.20. The van der Waals surface area contributed by atoms with Crippen molar-refractivity contribution in [2.75, 3.05) is 0 Å². The zero-order valence-corrected chi connectivity index (χ0v) is 14.1. The molecule has 0 atom stereocenters. The van der Waals surface area contributed by atoms with E-state index in [1.54, 1.807) is 6.07 Å². The molecule has 0 unspecified atom stereocenters. The second-order valence-corrected chi connectivity index (χ2v) is 6.88. The zero-order chi connectivity index (χ0) is 16.5. The Labute approximate surface area is 143 Å². The predicted molar refractivity (Wildman–Crippen MR) is 88.8 cm³/mol. The number of fused-ring (bicyclic) bond motifs is 1. The van der Waals surface area contributed by atoms with E-state index in [-0.39, 0.29) is 12.6 Å². The molecule has 1 aliphatic rings. The van der Waals surface area contributed by atoms with E-state index in [0.717, 1.165) is 53.9 Å². The van der Waals surface area contributed by atoms with Gasteiger partial charge in [-0.3, -0.25) is 0 Å². The average molecular weight is 343 g/mol. The normalized spacial score (nSPS) is 13.7. The fourth-order valence-electron chi connectivity index (χ4n) is 2.82. The van der Waals surface area contributed by atoms with Gasteiger partial charge in [0.25, 0.3) is 0 Å². The van der Waals surface area contributed by atoms with Gasteiger partial charge in [0.15, 0.2) is 12.4 Å². The molecule has 0 aromatic carbocycles. The van der Waals surface area contributed by atoms with Gasteiger partial charge in [-0.1, -0.05) is 0 Å². The van der Waals surface area contributed by atoms with Gasteiger partial charge in [0.05, 0.1) is 4.88 Å². The van der Waals surface area contributed by atoms with Gasteiger partial charge in [-0.2, -0.15) is 0 Å². The maximum atomic E-state index is 12.3. The lowest BCUT2D eigenvalue weighted by Gasteiger charge is -2.14. The summed E-state index contributed by atoms with van der Waals surface area (Å²) in [4.78, 5) is 13.7. The van der Waals surface area contributed by atoms with Crippen LogP contribution in [0.15, 0.2) is 28.7 Å². The van der Waals surface area contributed by atoms with E-state index in [2.05, 4.69) is 14.8 Å². The van der Waals surface area contributed by atoms with Crippen LogP contribution in [0.5, 0.6) is 0 Å². The van der Waals surface area contributed by atoms with Crippen molar-refractivity contribution in [2.24, 2.45) is 0 Å². The van der Waals surface area contributed by atoms with Crippen LogP contribution in [0.3, 0.4) is 0 Å². The molecule has 0 saturated carbocycles. The van der Waals surface area contributed by atoms with E-state index in [4.69, 9.17) is 9.15 Å². The van der Waals surface area contributed by atoms with Gasteiger partial charge in [0, 0.05) is 13.0 Å². The highest BCUT2D eigenvalue weighted by Crippen LogP contribution is 2.30. The Hall–Kier alpha value is -2.41. The van der Waals surface area contributed by atoms with Crippen molar-refractivity contribution in [1.82, 2.24) is 14.8 Å². The summed E-state index contributed by atoms with van der Waals surface area (Å²) >= 11 is 1.36. The quantitative estimate of drug-likeness (QED) is 0.677. The van der Waals surface area contributed by atoms with Crippen molar-refractivity contribution in [3.63, 3.8) is 0 Å². The molecule has 0 fully saturated rings. The molecule has 0 N–H and O–H groups in total. The van der Waals surface area contributed by atoms with Gasteiger partial charge in [-0.25, -0.2) is 4.79 Å². The second kappa shape index (κ2) is 6.24. The van der Waals surface area contributed by atoms with Crippen molar-refractivity contribution in [3.05, 3.63) is 46.6 Å². The molecule has 4 heterocycles. The van der Waals surface area contributed by atoms with Crippen LogP contribution in [0.1, 0.15) is 39.9 Å². The maximum Gasteiger partial charge on any atom is 0.348 e. The molecule has 0 radical (unpaired) electrons. The third-order valence-corrected chi connectivity index (χ3v) is 5.14. The highest BCUT2D eigenvalue weighted by atomic mass is 32.1.